The predicted octanol–water partition coefficient (Wildman–Crippen LogP) is 2.83. The molecule has 0 aliphatic rings. The Labute approximate surface area is 98.7 Å². The highest BCUT2D eigenvalue weighted by molar-refractivity contribution is 5.20. The molecule has 1 atom stereocenters. The number of hydrogen-bond donors (Lipinski definition) is 1. The molecule has 1 aromatic heterocycles. The topological polar surface area (TPSA) is 30.9 Å². The Kier molecular flexibility index (Phi) is 3.24. The van der Waals surface area contributed by atoms with Crippen molar-refractivity contribution in [1.29, 1.82) is 0 Å². The summed E-state index contributed by atoms with van der Waals surface area (Å²) in [6.07, 6.45) is 3.78. The molecule has 2 N–H and O–H groups in total. The van der Waals surface area contributed by atoms with Crippen molar-refractivity contribution in [2.45, 2.75) is 19.5 Å². The summed E-state index contributed by atoms with van der Waals surface area (Å²) in [6.45, 7) is 2.40. The molecule has 0 saturated carbocycles. The van der Waals surface area contributed by atoms with E-state index in [9.17, 15) is 8.78 Å². The van der Waals surface area contributed by atoms with E-state index in [-0.39, 0.29) is 6.04 Å². The van der Waals surface area contributed by atoms with Crippen molar-refractivity contribution in [3.8, 4) is 0 Å². The van der Waals surface area contributed by atoms with Crippen LogP contribution in [-0.2, 0) is 6.54 Å². The molecule has 0 aliphatic carbocycles. The second-order valence-corrected chi connectivity index (χ2v) is 4.15. The van der Waals surface area contributed by atoms with Crippen LogP contribution in [0.1, 0.15) is 24.1 Å². The van der Waals surface area contributed by atoms with Crippen LogP contribution in [0.4, 0.5) is 8.78 Å². The van der Waals surface area contributed by atoms with Gasteiger partial charge >= 0.3 is 0 Å². The first-order valence-corrected chi connectivity index (χ1v) is 5.41. The maximum absolute atomic E-state index is 13.0. The summed E-state index contributed by atoms with van der Waals surface area (Å²) in [4.78, 5) is 0. The Morgan fingerprint density at radius 1 is 1.24 bits per heavy atom. The van der Waals surface area contributed by atoms with Gasteiger partial charge in [-0.3, -0.25) is 0 Å². The van der Waals surface area contributed by atoms with E-state index < -0.39 is 11.6 Å². The van der Waals surface area contributed by atoms with Crippen molar-refractivity contribution >= 4 is 0 Å². The van der Waals surface area contributed by atoms with Gasteiger partial charge in [0, 0.05) is 25.0 Å². The molecule has 0 spiro atoms. The van der Waals surface area contributed by atoms with Crippen LogP contribution in [-0.4, -0.2) is 4.57 Å². The minimum Gasteiger partial charge on any atom is -0.350 e. The number of hydrogen-bond acceptors (Lipinski definition) is 1. The Morgan fingerprint density at radius 3 is 2.59 bits per heavy atom. The van der Waals surface area contributed by atoms with Gasteiger partial charge in [-0.2, -0.15) is 0 Å². The van der Waals surface area contributed by atoms with Crippen LogP contribution in [0.25, 0.3) is 0 Å². The zero-order valence-electron chi connectivity index (χ0n) is 9.53. The molecular formula is C13H14F2N2. The fraction of sp³-hybridized carbons (Fsp3) is 0.231. The molecular weight excluding hydrogens is 222 g/mol. The van der Waals surface area contributed by atoms with E-state index in [0.29, 0.717) is 6.54 Å². The summed E-state index contributed by atoms with van der Waals surface area (Å²) in [5, 5.41) is 0. The molecule has 2 rings (SSSR count). The Balaban J connectivity index is 2.16. The predicted molar refractivity (Wildman–Crippen MR) is 62.5 cm³/mol. The van der Waals surface area contributed by atoms with Crippen LogP contribution < -0.4 is 5.73 Å². The van der Waals surface area contributed by atoms with Gasteiger partial charge in [-0.15, -0.1) is 0 Å². The van der Waals surface area contributed by atoms with Crippen molar-refractivity contribution in [1.82, 2.24) is 4.57 Å². The van der Waals surface area contributed by atoms with Crippen LogP contribution in [0.3, 0.4) is 0 Å². The number of rotatable bonds is 3. The average Bonchev–Trinajstić information content (AvgIpc) is 2.72. The van der Waals surface area contributed by atoms with Gasteiger partial charge in [0.15, 0.2) is 11.6 Å². The Hall–Kier alpha value is -1.68. The summed E-state index contributed by atoms with van der Waals surface area (Å²) in [7, 11) is 0. The van der Waals surface area contributed by atoms with E-state index in [1.165, 1.54) is 6.07 Å². The third-order valence-corrected chi connectivity index (χ3v) is 2.65. The highest BCUT2D eigenvalue weighted by Crippen LogP contribution is 2.13. The average molecular weight is 236 g/mol. The maximum atomic E-state index is 13.0. The Bertz CT molecular complexity index is 518. The van der Waals surface area contributed by atoms with Gasteiger partial charge < -0.3 is 10.3 Å². The molecule has 4 heteroatoms. The standard InChI is InChI=1S/C13H14F2N2/c1-9(16)11-4-5-17(8-11)7-10-2-3-12(14)13(15)6-10/h2-6,8-9H,7,16H2,1H3. The molecule has 1 unspecified atom stereocenters. The molecule has 0 radical (unpaired) electrons. The minimum absolute atomic E-state index is 0.0267. The zero-order chi connectivity index (χ0) is 12.4. The minimum atomic E-state index is -0.822. The molecule has 1 aromatic carbocycles. The fourth-order valence-electron chi connectivity index (χ4n) is 1.68. The first-order chi connectivity index (χ1) is 8.06. The summed E-state index contributed by atoms with van der Waals surface area (Å²) >= 11 is 0. The van der Waals surface area contributed by atoms with E-state index in [4.69, 9.17) is 5.73 Å². The summed E-state index contributed by atoms with van der Waals surface area (Å²) in [5.74, 6) is -1.64. The van der Waals surface area contributed by atoms with Gasteiger partial charge in [0.05, 0.1) is 0 Å². The van der Waals surface area contributed by atoms with E-state index >= 15 is 0 Å². The highest BCUT2D eigenvalue weighted by atomic mass is 19.2. The van der Waals surface area contributed by atoms with E-state index in [2.05, 4.69) is 0 Å². The summed E-state index contributed by atoms with van der Waals surface area (Å²) < 4.78 is 27.7. The van der Waals surface area contributed by atoms with Crippen molar-refractivity contribution in [2.24, 2.45) is 5.73 Å². The third-order valence-electron chi connectivity index (χ3n) is 2.65. The molecule has 2 nitrogen and oxygen atoms in total. The maximum Gasteiger partial charge on any atom is 0.159 e. The molecule has 0 saturated heterocycles. The van der Waals surface area contributed by atoms with Gasteiger partial charge in [-0.05, 0) is 36.2 Å². The lowest BCUT2D eigenvalue weighted by molar-refractivity contribution is 0.506. The van der Waals surface area contributed by atoms with Crippen LogP contribution in [0.15, 0.2) is 36.7 Å². The lowest BCUT2D eigenvalue weighted by atomic mass is 10.2. The van der Waals surface area contributed by atoms with Gasteiger partial charge in [0.25, 0.3) is 0 Å². The van der Waals surface area contributed by atoms with Gasteiger partial charge in [-0.25, -0.2) is 8.78 Å². The second kappa shape index (κ2) is 4.67. The van der Waals surface area contributed by atoms with Crippen molar-refractivity contribution in [3.05, 3.63) is 59.4 Å². The molecule has 0 amide bonds. The van der Waals surface area contributed by atoms with E-state index in [1.54, 1.807) is 6.07 Å². The quantitative estimate of drug-likeness (QED) is 0.872. The lowest BCUT2D eigenvalue weighted by Gasteiger charge is -2.04. The summed E-state index contributed by atoms with van der Waals surface area (Å²) in [6, 6.07) is 5.82. The van der Waals surface area contributed by atoms with Gasteiger partial charge in [0.2, 0.25) is 0 Å². The first-order valence-electron chi connectivity index (χ1n) is 5.41. The SMILES string of the molecule is CC(N)c1ccn(Cc2ccc(F)c(F)c2)c1. The number of nitrogens with zero attached hydrogens (tertiary/aromatic N) is 1. The molecule has 17 heavy (non-hydrogen) atoms. The van der Waals surface area contributed by atoms with E-state index in [1.807, 2.05) is 30.0 Å². The number of halogens is 2. The normalized spacial score (nSPS) is 12.7. The number of benzene rings is 1. The van der Waals surface area contributed by atoms with Crippen molar-refractivity contribution in [2.75, 3.05) is 0 Å². The lowest BCUT2D eigenvalue weighted by Crippen LogP contribution is -2.04. The smallest absolute Gasteiger partial charge is 0.159 e. The zero-order valence-corrected chi connectivity index (χ0v) is 9.53. The fourth-order valence-corrected chi connectivity index (χ4v) is 1.68. The monoisotopic (exact) mass is 236 g/mol. The molecule has 1 heterocycles. The molecule has 0 fully saturated rings. The van der Waals surface area contributed by atoms with Crippen molar-refractivity contribution < 1.29 is 8.78 Å². The Morgan fingerprint density at radius 2 is 2.00 bits per heavy atom. The van der Waals surface area contributed by atoms with Crippen LogP contribution in [0, 0.1) is 11.6 Å². The summed E-state index contributed by atoms with van der Waals surface area (Å²) in [5.41, 5.74) is 7.48. The molecule has 0 aliphatic heterocycles. The van der Waals surface area contributed by atoms with Crippen LogP contribution >= 0.6 is 0 Å². The number of aromatic nitrogens is 1. The largest absolute Gasteiger partial charge is 0.350 e. The highest BCUT2D eigenvalue weighted by Gasteiger charge is 2.05. The van der Waals surface area contributed by atoms with Crippen LogP contribution in [0.5, 0.6) is 0 Å². The van der Waals surface area contributed by atoms with Crippen molar-refractivity contribution in [3.63, 3.8) is 0 Å². The van der Waals surface area contributed by atoms with Gasteiger partial charge in [-0.1, -0.05) is 6.07 Å². The van der Waals surface area contributed by atoms with E-state index in [0.717, 1.165) is 17.2 Å². The molecule has 90 valence electrons. The molecule has 0 bridgehead atoms. The third kappa shape index (κ3) is 2.71. The first kappa shape index (κ1) is 11.8. The molecule has 2 aromatic rings. The van der Waals surface area contributed by atoms with Gasteiger partial charge in [0.1, 0.15) is 0 Å². The second-order valence-electron chi connectivity index (χ2n) is 4.15. The van der Waals surface area contributed by atoms with Crippen LogP contribution in [0.2, 0.25) is 0 Å². The number of nitrogens with two attached hydrogens (primary N) is 1.